The van der Waals surface area contributed by atoms with Crippen molar-refractivity contribution in [3.05, 3.63) is 42.5 Å². The molecule has 3 N–H and O–H groups in total. The van der Waals surface area contributed by atoms with Crippen molar-refractivity contribution in [1.82, 2.24) is 30.7 Å². The second-order valence-corrected chi connectivity index (χ2v) is 8.51. The van der Waals surface area contributed by atoms with Crippen molar-refractivity contribution in [2.45, 2.75) is 72.1 Å². The molecule has 1 aromatic carbocycles. The molecule has 1 amide bonds. The number of rotatable bonds is 10. The molecule has 0 fully saturated rings. The maximum atomic E-state index is 12.1. The van der Waals surface area contributed by atoms with Crippen molar-refractivity contribution in [2.75, 3.05) is 13.1 Å². The Balaban J connectivity index is 0.00000544. The average Bonchev–Trinajstić information content (AvgIpc) is 3.22. The van der Waals surface area contributed by atoms with E-state index in [0.717, 1.165) is 37.3 Å². The molecule has 2 rings (SSSR count). The predicted octanol–water partition coefficient (Wildman–Crippen LogP) is 4.02. The zero-order valence-corrected chi connectivity index (χ0v) is 22.6. The van der Waals surface area contributed by atoms with Gasteiger partial charge in [0.15, 0.2) is 11.8 Å². The van der Waals surface area contributed by atoms with E-state index < -0.39 is 11.7 Å². The van der Waals surface area contributed by atoms with Crippen LogP contribution in [0.2, 0.25) is 0 Å². The number of carbonyl (C=O) groups is 1. The number of aliphatic imine (C=N–C) groups is 1. The smallest absolute Gasteiger partial charge is 0.407 e. The minimum atomic E-state index is -0.526. The lowest BCUT2D eigenvalue weighted by atomic mass is 10.1. The van der Waals surface area contributed by atoms with Crippen LogP contribution in [0, 0.1) is 0 Å². The lowest BCUT2D eigenvalue weighted by Gasteiger charge is -2.24. The molecule has 0 aliphatic rings. The molecule has 10 heteroatoms. The van der Waals surface area contributed by atoms with E-state index in [2.05, 4.69) is 33.1 Å². The van der Waals surface area contributed by atoms with Crippen LogP contribution < -0.4 is 16.0 Å². The molecule has 2 aromatic rings. The first-order valence-corrected chi connectivity index (χ1v) is 11.3. The number of aromatic nitrogens is 3. The van der Waals surface area contributed by atoms with Gasteiger partial charge in [-0.2, -0.15) is 0 Å². The molecule has 1 aromatic heterocycles. The molecule has 0 aliphatic heterocycles. The summed E-state index contributed by atoms with van der Waals surface area (Å²) in [6.07, 6.45) is 4.28. The lowest BCUT2D eigenvalue weighted by Crippen LogP contribution is -2.49. The molecule has 9 nitrogen and oxygen atoms in total. The number of amides is 1. The first-order valence-electron chi connectivity index (χ1n) is 11.3. The van der Waals surface area contributed by atoms with Crippen LogP contribution in [0.3, 0.4) is 0 Å². The van der Waals surface area contributed by atoms with E-state index in [1.165, 1.54) is 0 Å². The van der Waals surface area contributed by atoms with Crippen LogP contribution in [0.4, 0.5) is 4.79 Å². The van der Waals surface area contributed by atoms with E-state index in [4.69, 9.17) is 9.73 Å². The number of para-hydroxylation sites is 1. The topological polar surface area (TPSA) is 105 Å². The molecule has 1 atom stereocenters. The fourth-order valence-corrected chi connectivity index (χ4v) is 3.03. The van der Waals surface area contributed by atoms with Crippen molar-refractivity contribution >= 4 is 36.0 Å². The SMILES string of the molecule is CCCCC(CNC(=O)OC(C)(C)C)NC(=NCc1nncn1-c1ccccc1)NCC.I. The number of nitrogens with zero attached hydrogens (tertiary/aromatic N) is 4. The Labute approximate surface area is 214 Å². The third-order valence-electron chi connectivity index (χ3n) is 4.51. The Hall–Kier alpha value is -2.37. The summed E-state index contributed by atoms with van der Waals surface area (Å²) in [7, 11) is 0. The van der Waals surface area contributed by atoms with Gasteiger partial charge in [0, 0.05) is 24.8 Å². The predicted molar refractivity (Wildman–Crippen MR) is 142 cm³/mol. The Bertz CT molecular complexity index is 850. The fourth-order valence-electron chi connectivity index (χ4n) is 3.03. The number of hydrogen-bond acceptors (Lipinski definition) is 5. The van der Waals surface area contributed by atoms with Crippen LogP contribution in [0.25, 0.3) is 5.69 Å². The maximum absolute atomic E-state index is 12.1. The summed E-state index contributed by atoms with van der Waals surface area (Å²) in [4.78, 5) is 16.8. The Morgan fingerprint density at radius 2 is 1.91 bits per heavy atom. The largest absolute Gasteiger partial charge is 0.444 e. The van der Waals surface area contributed by atoms with Gasteiger partial charge in [0.1, 0.15) is 18.5 Å². The molecule has 33 heavy (non-hydrogen) atoms. The second-order valence-electron chi connectivity index (χ2n) is 8.51. The third-order valence-corrected chi connectivity index (χ3v) is 4.51. The van der Waals surface area contributed by atoms with Crippen LogP contribution in [0.5, 0.6) is 0 Å². The van der Waals surface area contributed by atoms with E-state index in [1.54, 1.807) is 6.33 Å². The zero-order chi connectivity index (χ0) is 23.4. The van der Waals surface area contributed by atoms with Gasteiger partial charge < -0.3 is 20.7 Å². The summed E-state index contributed by atoms with van der Waals surface area (Å²) in [5, 5.41) is 17.8. The van der Waals surface area contributed by atoms with Gasteiger partial charge in [0.25, 0.3) is 0 Å². The summed E-state index contributed by atoms with van der Waals surface area (Å²) in [6.45, 7) is 11.2. The van der Waals surface area contributed by atoms with Crippen molar-refractivity contribution in [1.29, 1.82) is 0 Å². The van der Waals surface area contributed by atoms with Crippen LogP contribution in [0.15, 0.2) is 41.7 Å². The minimum Gasteiger partial charge on any atom is -0.444 e. The summed E-state index contributed by atoms with van der Waals surface area (Å²) >= 11 is 0. The van der Waals surface area contributed by atoms with Gasteiger partial charge in [0.05, 0.1) is 0 Å². The monoisotopic (exact) mass is 571 g/mol. The first kappa shape index (κ1) is 28.7. The number of halogens is 1. The number of alkyl carbamates (subject to hydrolysis) is 1. The Kier molecular flexibility index (Phi) is 12.8. The normalized spacial score (nSPS) is 12.5. The van der Waals surface area contributed by atoms with Gasteiger partial charge in [0.2, 0.25) is 0 Å². The molecular formula is C23H38IN7O2. The number of carbonyl (C=O) groups excluding carboxylic acids is 1. The Morgan fingerprint density at radius 1 is 1.18 bits per heavy atom. The molecule has 0 bridgehead atoms. The van der Waals surface area contributed by atoms with E-state index in [9.17, 15) is 4.79 Å². The highest BCUT2D eigenvalue weighted by Crippen LogP contribution is 2.10. The highest BCUT2D eigenvalue weighted by atomic mass is 127. The molecule has 0 spiro atoms. The van der Waals surface area contributed by atoms with Crippen LogP contribution in [-0.2, 0) is 11.3 Å². The molecular weight excluding hydrogens is 533 g/mol. The molecule has 184 valence electrons. The highest BCUT2D eigenvalue weighted by Gasteiger charge is 2.18. The number of unbranched alkanes of at least 4 members (excludes halogenated alkanes) is 1. The molecule has 0 aliphatic carbocycles. The second kappa shape index (κ2) is 14.7. The van der Waals surface area contributed by atoms with Crippen molar-refractivity contribution < 1.29 is 9.53 Å². The molecule has 0 saturated carbocycles. The van der Waals surface area contributed by atoms with Gasteiger partial charge in [-0.25, -0.2) is 9.79 Å². The minimum absolute atomic E-state index is 0. The Morgan fingerprint density at radius 3 is 2.55 bits per heavy atom. The van der Waals surface area contributed by atoms with E-state index >= 15 is 0 Å². The summed E-state index contributed by atoms with van der Waals surface area (Å²) in [5.41, 5.74) is 0.463. The van der Waals surface area contributed by atoms with Gasteiger partial charge in [-0.1, -0.05) is 38.0 Å². The van der Waals surface area contributed by atoms with Crippen LogP contribution in [0.1, 0.15) is 59.7 Å². The number of nitrogens with one attached hydrogen (secondary N) is 3. The van der Waals surface area contributed by atoms with Gasteiger partial charge in [-0.05, 0) is 46.2 Å². The average molecular weight is 572 g/mol. The van der Waals surface area contributed by atoms with Crippen LogP contribution in [-0.4, -0.2) is 51.5 Å². The van der Waals surface area contributed by atoms with Crippen molar-refractivity contribution in [3.8, 4) is 5.69 Å². The van der Waals surface area contributed by atoms with Crippen molar-refractivity contribution in [3.63, 3.8) is 0 Å². The molecule has 1 unspecified atom stereocenters. The van der Waals surface area contributed by atoms with Gasteiger partial charge in [-0.15, -0.1) is 34.2 Å². The fraction of sp³-hybridized carbons (Fsp3) is 0.565. The van der Waals surface area contributed by atoms with Gasteiger partial charge >= 0.3 is 6.09 Å². The number of ether oxygens (including phenoxy) is 1. The first-order chi connectivity index (χ1) is 15.3. The maximum Gasteiger partial charge on any atom is 0.407 e. The van der Waals surface area contributed by atoms with E-state index in [0.29, 0.717) is 19.0 Å². The quantitative estimate of drug-likeness (QED) is 0.226. The molecule has 1 heterocycles. The number of hydrogen-bond donors (Lipinski definition) is 3. The summed E-state index contributed by atoms with van der Waals surface area (Å²) in [5.74, 6) is 1.41. The lowest BCUT2D eigenvalue weighted by molar-refractivity contribution is 0.0522. The number of benzene rings is 1. The third kappa shape index (κ3) is 10.9. The van der Waals surface area contributed by atoms with Crippen molar-refractivity contribution in [2.24, 2.45) is 4.99 Å². The van der Waals surface area contributed by atoms with Crippen LogP contribution >= 0.6 is 24.0 Å². The standard InChI is InChI=1S/C23H37N7O2.HI/c1-6-8-12-18(15-26-22(31)32-23(3,4)5)28-21(24-7-2)25-16-20-29-27-17-30(20)19-13-10-9-11-14-19;/h9-11,13-14,17-18H,6-8,12,15-16H2,1-5H3,(H,26,31)(H2,24,25,28);1H. The molecule has 0 saturated heterocycles. The number of guanidine groups is 1. The summed E-state index contributed by atoms with van der Waals surface area (Å²) in [6, 6.07) is 9.95. The van der Waals surface area contributed by atoms with Gasteiger partial charge in [-0.3, -0.25) is 4.57 Å². The zero-order valence-electron chi connectivity index (χ0n) is 20.3. The molecule has 0 radical (unpaired) electrons. The van der Waals surface area contributed by atoms with E-state index in [1.807, 2.05) is 62.6 Å². The van der Waals surface area contributed by atoms with E-state index in [-0.39, 0.29) is 30.0 Å². The highest BCUT2D eigenvalue weighted by molar-refractivity contribution is 14.0. The summed E-state index contributed by atoms with van der Waals surface area (Å²) < 4.78 is 7.28.